The molecule has 1 unspecified atom stereocenters. The Bertz CT molecular complexity index is 1430. The maximum atomic E-state index is 14.0. The van der Waals surface area contributed by atoms with E-state index < -0.39 is 33.2 Å². The van der Waals surface area contributed by atoms with Gasteiger partial charge in [-0.2, -0.15) is 30.6 Å². The van der Waals surface area contributed by atoms with E-state index in [9.17, 15) is 30.8 Å². The lowest BCUT2D eigenvalue weighted by Crippen LogP contribution is -2.47. The molecule has 220 valence electrons. The molecule has 1 N–H and O–H groups in total. The Hall–Kier alpha value is -3.28. The van der Waals surface area contributed by atoms with Crippen LogP contribution in [0, 0.1) is 5.82 Å². The molecule has 1 amide bonds. The molecule has 3 aromatic rings. The van der Waals surface area contributed by atoms with Gasteiger partial charge in [0.25, 0.3) is 10.2 Å². The first-order valence-electron chi connectivity index (χ1n) is 13.4. The Morgan fingerprint density at radius 2 is 1.66 bits per heavy atom. The highest BCUT2D eigenvalue weighted by Crippen LogP contribution is 2.38. The van der Waals surface area contributed by atoms with Gasteiger partial charge in [-0.05, 0) is 60.6 Å². The van der Waals surface area contributed by atoms with Gasteiger partial charge < -0.3 is 4.90 Å². The van der Waals surface area contributed by atoms with Gasteiger partial charge in [0.15, 0.2) is 0 Å². The van der Waals surface area contributed by atoms with Crippen LogP contribution in [0.2, 0.25) is 0 Å². The van der Waals surface area contributed by atoms with Crippen LogP contribution in [0.25, 0.3) is 0 Å². The van der Waals surface area contributed by atoms with Crippen molar-refractivity contribution in [3.8, 4) is 0 Å². The molecular weight excluding hydrogens is 558 g/mol. The SMILES string of the molecule is CN(CCc1cccc(C(F)(F)F)c1)C(=O)C1(c2ccccc2)CCCN(S(=O)(=O)NCc2ccc(F)cc2)CC1. The fraction of sp³-hybridized carbons (Fsp3) is 0.367. The average molecular weight is 592 g/mol. The van der Waals surface area contributed by atoms with E-state index in [0.717, 1.165) is 17.7 Å². The second kappa shape index (κ2) is 12.7. The van der Waals surface area contributed by atoms with Gasteiger partial charge in [-0.1, -0.05) is 60.7 Å². The summed E-state index contributed by atoms with van der Waals surface area (Å²) in [5, 5.41) is 0. The van der Waals surface area contributed by atoms with Crippen LogP contribution in [0.1, 0.15) is 41.5 Å². The van der Waals surface area contributed by atoms with Crippen molar-refractivity contribution in [2.24, 2.45) is 0 Å². The Morgan fingerprint density at radius 3 is 2.34 bits per heavy atom. The van der Waals surface area contributed by atoms with Gasteiger partial charge in [0.2, 0.25) is 5.91 Å². The summed E-state index contributed by atoms with van der Waals surface area (Å²) >= 11 is 0. The largest absolute Gasteiger partial charge is 0.416 e. The minimum atomic E-state index is -4.45. The number of amides is 1. The third-order valence-corrected chi connectivity index (χ3v) is 9.14. The van der Waals surface area contributed by atoms with E-state index >= 15 is 0 Å². The first-order chi connectivity index (χ1) is 19.4. The summed E-state index contributed by atoms with van der Waals surface area (Å²) < 4.78 is 82.9. The number of carbonyl (C=O) groups is 1. The number of hydrogen-bond acceptors (Lipinski definition) is 3. The number of hydrogen-bond donors (Lipinski definition) is 1. The lowest BCUT2D eigenvalue weighted by Gasteiger charge is -2.36. The van der Waals surface area contributed by atoms with Crippen LogP contribution in [0.5, 0.6) is 0 Å². The molecule has 0 radical (unpaired) electrons. The highest BCUT2D eigenvalue weighted by molar-refractivity contribution is 7.87. The number of halogens is 4. The maximum Gasteiger partial charge on any atom is 0.416 e. The highest BCUT2D eigenvalue weighted by Gasteiger charge is 2.44. The number of alkyl halides is 3. The van der Waals surface area contributed by atoms with Crippen LogP contribution in [0.15, 0.2) is 78.9 Å². The number of nitrogens with zero attached hydrogens (tertiary/aromatic N) is 2. The van der Waals surface area contributed by atoms with Gasteiger partial charge in [0.05, 0.1) is 11.0 Å². The predicted octanol–water partition coefficient (Wildman–Crippen LogP) is 5.30. The molecule has 0 aliphatic carbocycles. The molecule has 1 fully saturated rings. The third kappa shape index (κ3) is 7.52. The predicted molar refractivity (Wildman–Crippen MR) is 148 cm³/mol. The molecule has 1 aliphatic rings. The van der Waals surface area contributed by atoms with E-state index in [2.05, 4.69) is 4.72 Å². The second-order valence-electron chi connectivity index (χ2n) is 10.3. The quantitative estimate of drug-likeness (QED) is 0.344. The van der Waals surface area contributed by atoms with Crippen molar-refractivity contribution in [1.29, 1.82) is 0 Å². The summed E-state index contributed by atoms with van der Waals surface area (Å²) in [6.07, 6.45) is -3.13. The van der Waals surface area contributed by atoms with E-state index in [1.54, 1.807) is 13.1 Å². The van der Waals surface area contributed by atoms with Gasteiger partial charge >= 0.3 is 6.18 Å². The standard InChI is InChI=1S/C30H33F4N3O3S/c1-36(19-15-23-7-5-10-26(21-23)30(32,33)34)28(38)29(25-8-3-2-4-9-25)16-6-18-37(20-17-29)41(39,40)35-22-24-11-13-27(31)14-12-24/h2-5,7-14,21,35H,6,15-20,22H2,1H3. The Kier molecular flexibility index (Phi) is 9.51. The van der Waals surface area contributed by atoms with E-state index in [0.29, 0.717) is 24.0 Å². The molecule has 6 nitrogen and oxygen atoms in total. The molecule has 3 aromatic carbocycles. The monoisotopic (exact) mass is 591 g/mol. The van der Waals surface area contributed by atoms with Crippen LogP contribution in [-0.2, 0) is 39.6 Å². The molecule has 1 heterocycles. The zero-order valence-corrected chi connectivity index (χ0v) is 23.5. The van der Waals surface area contributed by atoms with Gasteiger partial charge in [-0.25, -0.2) is 4.39 Å². The van der Waals surface area contributed by atoms with Crippen molar-refractivity contribution in [2.45, 2.75) is 43.8 Å². The smallest absolute Gasteiger partial charge is 0.345 e. The van der Waals surface area contributed by atoms with Crippen molar-refractivity contribution in [3.05, 3.63) is 107 Å². The van der Waals surface area contributed by atoms with Crippen LogP contribution in [0.3, 0.4) is 0 Å². The second-order valence-corrected chi connectivity index (χ2v) is 12.1. The number of benzene rings is 3. The molecular formula is C30H33F4N3O3S. The van der Waals surface area contributed by atoms with E-state index in [-0.39, 0.29) is 44.9 Å². The molecule has 0 saturated carbocycles. The zero-order valence-electron chi connectivity index (χ0n) is 22.7. The Labute approximate surface area is 238 Å². The van der Waals surface area contributed by atoms with Gasteiger partial charge in [-0.15, -0.1) is 0 Å². The number of carbonyl (C=O) groups excluding carboxylic acids is 1. The Balaban J connectivity index is 1.49. The molecule has 0 bridgehead atoms. The van der Waals surface area contributed by atoms with E-state index in [1.165, 1.54) is 39.5 Å². The fourth-order valence-electron chi connectivity index (χ4n) is 5.27. The molecule has 11 heteroatoms. The first-order valence-corrected chi connectivity index (χ1v) is 14.8. The van der Waals surface area contributed by atoms with Gasteiger partial charge in [0, 0.05) is 33.2 Å². The molecule has 4 rings (SSSR count). The number of nitrogens with one attached hydrogen (secondary N) is 1. The summed E-state index contributed by atoms with van der Waals surface area (Å²) in [7, 11) is -2.25. The lowest BCUT2D eigenvalue weighted by molar-refractivity contribution is -0.138. The van der Waals surface area contributed by atoms with Gasteiger partial charge in [-0.3, -0.25) is 4.79 Å². The molecule has 1 saturated heterocycles. The van der Waals surface area contributed by atoms with Crippen molar-refractivity contribution >= 4 is 16.1 Å². The first kappa shape index (κ1) is 30.7. The number of rotatable bonds is 9. The van der Waals surface area contributed by atoms with Crippen LogP contribution < -0.4 is 4.72 Å². The van der Waals surface area contributed by atoms with Crippen molar-refractivity contribution < 1.29 is 30.8 Å². The molecule has 1 aliphatic heterocycles. The average Bonchev–Trinajstić information content (AvgIpc) is 3.20. The fourth-order valence-corrected chi connectivity index (χ4v) is 6.50. The van der Waals surface area contributed by atoms with Crippen LogP contribution in [0.4, 0.5) is 17.6 Å². The van der Waals surface area contributed by atoms with Crippen LogP contribution >= 0.6 is 0 Å². The number of likely N-dealkylation sites (N-methyl/N-ethyl adjacent to an activating group) is 1. The third-order valence-electron chi connectivity index (χ3n) is 7.58. The summed E-state index contributed by atoms with van der Waals surface area (Å²) in [6.45, 7) is 0.519. The molecule has 0 spiro atoms. The van der Waals surface area contributed by atoms with E-state index in [4.69, 9.17) is 0 Å². The summed E-state index contributed by atoms with van der Waals surface area (Å²) in [6, 6.07) is 19.8. The van der Waals surface area contributed by atoms with Crippen molar-refractivity contribution in [1.82, 2.24) is 13.9 Å². The van der Waals surface area contributed by atoms with Crippen LogP contribution in [-0.4, -0.2) is 50.2 Å². The highest BCUT2D eigenvalue weighted by atomic mass is 32.2. The lowest BCUT2D eigenvalue weighted by atomic mass is 9.73. The normalized spacial score (nSPS) is 18.6. The summed E-state index contributed by atoms with van der Waals surface area (Å²) in [5.74, 6) is -0.611. The minimum absolute atomic E-state index is 0.000148. The van der Waals surface area contributed by atoms with Gasteiger partial charge in [0.1, 0.15) is 5.82 Å². The van der Waals surface area contributed by atoms with E-state index in [1.807, 2.05) is 30.3 Å². The van der Waals surface area contributed by atoms with Crippen molar-refractivity contribution in [3.63, 3.8) is 0 Å². The summed E-state index contributed by atoms with van der Waals surface area (Å²) in [4.78, 5) is 15.6. The zero-order chi connectivity index (χ0) is 29.7. The van der Waals surface area contributed by atoms with Crippen molar-refractivity contribution in [2.75, 3.05) is 26.7 Å². The Morgan fingerprint density at radius 1 is 0.951 bits per heavy atom. The topological polar surface area (TPSA) is 69.7 Å². The molecule has 41 heavy (non-hydrogen) atoms. The molecule has 0 aromatic heterocycles. The molecule has 1 atom stereocenters. The minimum Gasteiger partial charge on any atom is -0.345 e. The maximum absolute atomic E-state index is 14.0. The summed E-state index contributed by atoms with van der Waals surface area (Å²) in [5.41, 5.74) is 0.127.